The number of furan rings is 1. The topological polar surface area (TPSA) is 100 Å². The molecule has 0 amide bonds. The van der Waals surface area contributed by atoms with E-state index in [4.69, 9.17) is 31.2 Å². The molecule has 0 unspecified atom stereocenters. The van der Waals surface area contributed by atoms with E-state index in [9.17, 15) is 4.39 Å². The molecule has 1 aromatic carbocycles. The van der Waals surface area contributed by atoms with Gasteiger partial charge in [-0.2, -0.15) is 5.10 Å². The van der Waals surface area contributed by atoms with Gasteiger partial charge in [0.25, 0.3) is 0 Å². The van der Waals surface area contributed by atoms with E-state index < -0.39 is 11.9 Å². The molecule has 4 aromatic rings. The van der Waals surface area contributed by atoms with Crippen LogP contribution in [0.3, 0.4) is 0 Å². The molecule has 1 fully saturated rings. The van der Waals surface area contributed by atoms with Crippen molar-refractivity contribution in [1.82, 2.24) is 20.1 Å². The van der Waals surface area contributed by atoms with Crippen molar-refractivity contribution < 1.29 is 18.3 Å². The lowest BCUT2D eigenvalue weighted by molar-refractivity contribution is 0.221. The molecule has 0 saturated carbocycles. The fraction of sp³-hybridized carbons (Fsp3) is 0.333. The minimum absolute atomic E-state index is 0.0731. The van der Waals surface area contributed by atoms with Crippen molar-refractivity contribution in [3.63, 3.8) is 0 Å². The maximum atomic E-state index is 14.1. The highest BCUT2D eigenvalue weighted by atomic mass is 35.5. The van der Waals surface area contributed by atoms with Gasteiger partial charge in [0.05, 0.1) is 35.3 Å². The highest BCUT2D eigenvalue weighted by Crippen LogP contribution is 2.42. The minimum atomic E-state index is -0.691. The van der Waals surface area contributed by atoms with Crippen molar-refractivity contribution in [3.05, 3.63) is 53.4 Å². The van der Waals surface area contributed by atoms with Gasteiger partial charge in [0.1, 0.15) is 23.9 Å². The number of anilines is 1. The highest BCUT2D eigenvalue weighted by Gasteiger charge is 2.25. The maximum absolute atomic E-state index is 14.1. The fourth-order valence-electron chi connectivity index (χ4n) is 4.41. The van der Waals surface area contributed by atoms with Gasteiger partial charge >= 0.3 is 0 Å². The first-order valence-corrected chi connectivity index (χ1v) is 11.4. The zero-order valence-corrected chi connectivity index (χ0v) is 19.6. The second kappa shape index (κ2) is 9.15. The number of pyridine rings is 1. The minimum Gasteiger partial charge on any atom is -0.496 e. The molecule has 1 saturated heterocycles. The third-order valence-corrected chi connectivity index (χ3v) is 6.59. The number of fused-ring (bicyclic) bond motifs is 1. The monoisotopic (exact) mass is 485 g/mol. The van der Waals surface area contributed by atoms with Gasteiger partial charge in [-0.15, -0.1) is 0 Å². The predicted octanol–water partition coefficient (Wildman–Crippen LogP) is 5.14. The Morgan fingerprint density at radius 1 is 1.29 bits per heavy atom. The molecule has 34 heavy (non-hydrogen) atoms. The van der Waals surface area contributed by atoms with E-state index in [2.05, 4.69) is 15.4 Å². The standard InChI is InChI=1S/C24H25ClFN5O3/c1-13(20-19(32-2)4-3-18(26)21(20)25)34-23-22-16(10-29-24(23)27)17(12-33-22)14-9-30-31(11-14)15-5-7-28-8-6-15/h3-4,9-13,15,28H,5-8H2,1-2H3,(H2,27,29)/t13-/m1/s1. The van der Waals surface area contributed by atoms with Crippen LogP contribution < -0.4 is 20.5 Å². The average molecular weight is 486 g/mol. The Morgan fingerprint density at radius 3 is 2.85 bits per heavy atom. The lowest BCUT2D eigenvalue weighted by Gasteiger charge is -2.22. The molecule has 3 N–H and O–H groups in total. The van der Waals surface area contributed by atoms with E-state index in [0.29, 0.717) is 22.9 Å². The van der Waals surface area contributed by atoms with E-state index in [1.54, 1.807) is 19.4 Å². The van der Waals surface area contributed by atoms with Crippen LogP contribution in [0.15, 0.2) is 41.4 Å². The Bertz CT molecular complexity index is 1330. The van der Waals surface area contributed by atoms with Gasteiger partial charge < -0.3 is 24.9 Å². The van der Waals surface area contributed by atoms with Gasteiger partial charge in [0.2, 0.25) is 5.75 Å². The summed E-state index contributed by atoms with van der Waals surface area (Å²) in [6, 6.07) is 3.12. The van der Waals surface area contributed by atoms with Gasteiger partial charge in [-0.25, -0.2) is 9.37 Å². The van der Waals surface area contributed by atoms with Crippen LogP contribution in [0.5, 0.6) is 11.5 Å². The van der Waals surface area contributed by atoms with Gasteiger partial charge in [0, 0.05) is 23.5 Å². The van der Waals surface area contributed by atoms with Crippen molar-refractivity contribution in [2.45, 2.75) is 31.9 Å². The molecule has 0 radical (unpaired) electrons. The molecule has 1 aliphatic heterocycles. The summed E-state index contributed by atoms with van der Waals surface area (Å²) < 4.78 is 33.5. The lowest BCUT2D eigenvalue weighted by atomic mass is 10.1. The number of methoxy groups -OCH3 is 1. The summed E-state index contributed by atoms with van der Waals surface area (Å²) >= 11 is 6.23. The number of benzene rings is 1. The van der Waals surface area contributed by atoms with Crippen molar-refractivity contribution in [2.75, 3.05) is 25.9 Å². The van der Waals surface area contributed by atoms with E-state index in [1.165, 1.54) is 19.2 Å². The Kier molecular flexibility index (Phi) is 6.05. The van der Waals surface area contributed by atoms with Crippen molar-refractivity contribution in [1.29, 1.82) is 0 Å². The number of nitrogen functional groups attached to an aromatic ring is 1. The Morgan fingerprint density at radius 2 is 2.09 bits per heavy atom. The molecule has 1 aliphatic rings. The molecule has 178 valence electrons. The number of hydrogen-bond donors (Lipinski definition) is 2. The highest BCUT2D eigenvalue weighted by molar-refractivity contribution is 6.31. The quantitative estimate of drug-likeness (QED) is 0.390. The molecule has 0 bridgehead atoms. The van der Waals surface area contributed by atoms with E-state index in [0.717, 1.165) is 42.4 Å². The van der Waals surface area contributed by atoms with Crippen LogP contribution in [0.4, 0.5) is 10.2 Å². The molecule has 0 aliphatic carbocycles. The molecule has 0 spiro atoms. The second-order valence-electron chi connectivity index (χ2n) is 8.29. The van der Waals surface area contributed by atoms with Crippen LogP contribution in [0.2, 0.25) is 5.02 Å². The molecular weight excluding hydrogens is 461 g/mol. The van der Waals surface area contributed by atoms with E-state index in [-0.39, 0.29) is 16.6 Å². The number of halogens is 2. The predicted molar refractivity (Wildman–Crippen MR) is 128 cm³/mol. The molecule has 3 aromatic heterocycles. The first-order chi connectivity index (χ1) is 16.5. The van der Waals surface area contributed by atoms with E-state index >= 15 is 0 Å². The number of piperidine rings is 1. The van der Waals surface area contributed by atoms with Crippen molar-refractivity contribution in [2.24, 2.45) is 0 Å². The van der Waals surface area contributed by atoms with Crippen LogP contribution in [0.25, 0.3) is 22.1 Å². The zero-order valence-electron chi connectivity index (χ0n) is 18.8. The fourth-order valence-corrected chi connectivity index (χ4v) is 4.72. The Labute approximate surface area is 200 Å². The summed E-state index contributed by atoms with van der Waals surface area (Å²) in [4.78, 5) is 4.31. The number of nitrogens with zero attached hydrogens (tertiary/aromatic N) is 3. The third-order valence-electron chi connectivity index (χ3n) is 6.21. The number of nitrogens with two attached hydrogens (primary N) is 1. The molecule has 4 heterocycles. The molecule has 8 nitrogen and oxygen atoms in total. The van der Waals surface area contributed by atoms with Crippen LogP contribution >= 0.6 is 11.6 Å². The van der Waals surface area contributed by atoms with Crippen LogP contribution in [-0.4, -0.2) is 35.0 Å². The molecule has 1 atom stereocenters. The SMILES string of the molecule is COc1ccc(F)c(Cl)c1[C@@H](C)Oc1c(N)ncc2c(-c3cnn(C4CCNCC4)c3)coc12. The summed E-state index contributed by atoms with van der Waals surface area (Å²) in [5.41, 5.74) is 8.70. The van der Waals surface area contributed by atoms with Crippen LogP contribution in [0.1, 0.15) is 37.5 Å². The lowest BCUT2D eigenvalue weighted by Crippen LogP contribution is -2.29. The molecular formula is C24H25ClFN5O3. The number of aromatic nitrogens is 3. The molecule has 5 rings (SSSR count). The Balaban J connectivity index is 1.49. The average Bonchev–Trinajstić information content (AvgIpc) is 3.50. The smallest absolute Gasteiger partial charge is 0.205 e. The number of hydrogen-bond acceptors (Lipinski definition) is 7. The normalized spacial score (nSPS) is 15.5. The first-order valence-electron chi connectivity index (χ1n) is 11.1. The van der Waals surface area contributed by atoms with Crippen molar-refractivity contribution >= 4 is 28.4 Å². The number of rotatable bonds is 6. The largest absolute Gasteiger partial charge is 0.496 e. The van der Waals surface area contributed by atoms with Crippen LogP contribution in [0, 0.1) is 5.82 Å². The third kappa shape index (κ3) is 3.95. The number of nitrogens with one attached hydrogen (secondary N) is 1. The summed E-state index contributed by atoms with van der Waals surface area (Å²) in [5.74, 6) is 0.243. The Hall–Kier alpha value is -3.30. The zero-order chi connectivity index (χ0) is 23.8. The summed E-state index contributed by atoms with van der Waals surface area (Å²) in [6.07, 6.45) is 8.52. The molecule has 10 heteroatoms. The van der Waals surface area contributed by atoms with Crippen LogP contribution in [-0.2, 0) is 0 Å². The number of ether oxygens (including phenoxy) is 2. The first kappa shape index (κ1) is 22.5. The van der Waals surface area contributed by atoms with Gasteiger partial charge in [-0.1, -0.05) is 11.6 Å². The summed E-state index contributed by atoms with van der Waals surface area (Å²) in [6.45, 7) is 3.70. The second-order valence-corrected chi connectivity index (χ2v) is 8.67. The van der Waals surface area contributed by atoms with Gasteiger partial charge in [-0.05, 0) is 45.0 Å². The van der Waals surface area contributed by atoms with Gasteiger partial charge in [0.15, 0.2) is 11.4 Å². The summed E-state index contributed by atoms with van der Waals surface area (Å²) in [5, 5.41) is 8.60. The summed E-state index contributed by atoms with van der Waals surface area (Å²) in [7, 11) is 1.49. The maximum Gasteiger partial charge on any atom is 0.205 e. The van der Waals surface area contributed by atoms with Gasteiger partial charge in [-0.3, -0.25) is 4.68 Å². The van der Waals surface area contributed by atoms with E-state index in [1.807, 2.05) is 17.1 Å². The van der Waals surface area contributed by atoms with Crippen molar-refractivity contribution in [3.8, 4) is 22.6 Å².